The fourth-order valence-corrected chi connectivity index (χ4v) is 0.885. The minimum absolute atomic E-state index is 0.201. The maximum Gasteiger partial charge on any atom is 0.574 e. The van der Waals surface area contributed by atoms with Crippen molar-refractivity contribution in [1.82, 2.24) is 9.97 Å². The molecule has 1 aromatic rings. The van der Waals surface area contributed by atoms with Crippen LogP contribution in [-0.4, -0.2) is 22.7 Å². The average Bonchev–Trinajstić information content (AvgIpc) is 1.93. The summed E-state index contributed by atoms with van der Waals surface area (Å²) < 4.78 is 77.0. The fourth-order valence-electron chi connectivity index (χ4n) is 0.719. The van der Waals surface area contributed by atoms with Gasteiger partial charge in [-0.1, -0.05) is 0 Å². The SMILES string of the molecule is FC(F)(F)Oc1cc(OC(F)(F)F)nc(Cl)n1. The molecule has 96 valence electrons. The number of hydrogen-bond acceptors (Lipinski definition) is 4. The Morgan fingerprint density at radius 1 is 0.882 bits per heavy atom. The Morgan fingerprint density at radius 2 is 1.24 bits per heavy atom. The van der Waals surface area contributed by atoms with E-state index in [2.05, 4.69) is 19.4 Å². The normalized spacial score (nSPS) is 12.4. The fraction of sp³-hybridized carbons (Fsp3) is 0.333. The van der Waals surface area contributed by atoms with Gasteiger partial charge in [-0.05, 0) is 11.6 Å². The second kappa shape index (κ2) is 4.43. The van der Waals surface area contributed by atoms with E-state index >= 15 is 0 Å². The molecule has 0 N–H and O–H groups in total. The van der Waals surface area contributed by atoms with Crippen LogP contribution < -0.4 is 9.47 Å². The van der Waals surface area contributed by atoms with Gasteiger partial charge in [-0.25, -0.2) is 0 Å². The van der Waals surface area contributed by atoms with Crippen LogP contribution in [-0.2, 0) is 0 Å². The van der Waals surface area contributed by atoms with E-state index in [4.69, 9.17) is 11.6 Å². The van der Waals surface area contributed by atoms with E-state index in [1.165, 1.54) is 0 Å². The van der Waals surface area contributed by atoms with Crippen molar-refractivity contribution < 1.29 is 35.8 Å². The molecule has 1 heterocycles. The van der Waals surface area contributed by atoms with Crippen molar-refractivity contribution in [3.05, 3.63) is 11.3 Å². The number of ether oxygens (including phenoxy) is 2. The van der Waals surface area contributed by atoms with E-state index < -0.39 is 29.8 Å². The van der Waals surface area contributed by atoms with Gasteiger partial charge >= 0.3 is 12.7 Å². The van der Waals surface area contributed by atoms with Gasteiger partial charge in [-0.3, -0.25) is 0 Å². The van der Waals surface area contributed by atoms with Crippen LogP contribution in [0.25, 0.3) is 0 Å². The molecule has 0 atom stereocenters. The lowest BCUT2D eigenvalue weighted by Gasteiger charge is -2.10. The third-order valence-electron chi connectivity index (χ3n) is 1.09. The maximum atomic E-state index is 11.8. The Labute approximate surface area is 94.1 Å². The van der Waals surface area contributed by atoms with Crippen LogP contribution in [0, 0.1) is 0 Å². The van der Waals surface area contributed by atoms with Gasteiger partial charge in [0.15, 0.2) is 0 Å². The quantitative estimate of drug-likeness (QED) is 0.618. The largest absolute Gasteiger partial charge is 0.574 e. The highest BCUT2D eigenvalue weighted by Crippen LogP contribution is 2.27. The second-order valence-corrected chi connectivity index (χ2v) is 2.75. The van der Waals surface area contributed by atoms with Gasteiger partial charge in [0.05, 0.1) is 6.07 Å². The summed E-state index contributed by atoms with van der Waals surface area (Å²) in [6, 6.07) is 0.201. The van der Waals surface area contributed by atoms with E-state index in [9.17, 15) is 26.3 Å². The van der Waals surface area contributed by atoms with Crippen molar-refractivity contribution in [1.29, 1.82) is 0 Å². The number of nitrogens with zero attached hydrogens (tertiary/aromatic N) is 2. The van der Waals surface area contributed by atoms with Crippen LogP contribution >= 0.6 is 11.6 Å². The topological polar surface area (TPSA) is 44.2 Å². The third kappa shape index (κ3) is 5.43. The number of halogens is 7. The first-order valence-corrected chi connectivity index (χ1v) is 3.99. The lowest BCUT2D eigenvalue weighted by Crippen LogP contribution is -2.20. The highest BCUT2D eigenvalue weighted by molar-refractivity contribution is 6.28. The molecule has 4 nitrogen and oxygen atoms in total. The smallest absolute Gasteiger partial charge is 0.388 e. The van der Waals surface area contributed by atoms with Crippen molar-refractivity contribution >= 4 is 11.6 Å². The molecule has 0 radical (unpaired) electrons. The molecule has 0 aromatic carbocycles. The summed E-state index contributed by atoms with van der Waals surface area (Å²) >= 11 is 5.09. The van der Waals surface area contributed by atoms with E-state index in [-0.39, 0.29) is 6.07 Å². The molecular formula is C6HClF6N2O2. The van der Waals surface area contributed by atoms with E-state index in [0.29, 0.717) is 0 Å². The van der Waals surface area contributed by atoms with Crippen LogP contribution in [0.5, 0.6) is 11.8 Å². The number of alkyl halides is 6. The Balaban J connectivity index is 2.95. The van der Waals surface area contributed by atoms with Crippen molar-refractivity contribution in [3.63, 3.8) is 0 Å². The Morgan fingerprint density at radius 3 is 1.53 bits per heavy atom. The third-order valence-corrected chi connectivity index (χ3v) is 1.26. The van der Waals surface area contributed by atoms with Crippen LogP contribution in [0.3, 0.4) is 0 Å². The van der Waals surface area contributed by atoms with Crippen LogP contribution in [0.4, 0.5) is 26.3 Å². The summed E-state index contributed by atoms with van der Waals surface area (Å²) in [5, 5.41) is -0.883. The second-order valence-electron chi connectivity index (χ2n) is 2.41. The minimum Gasteiger partial charge on any atom is -0.388 e. The van der Waals surface area contributed by atoms with Crippen LogP contribution in [0.2, 0.25) is 5.28 Å². The predicted octanol–water partition coefficient (Wildman–Crippen LogP) is 2.93. The van der Waals surface area contributed by atoms with Gasteiger partial charge in [0, 0.05) is 0 Å². The summed E-state index contributed by atoms with van der Waals surface area (Å²) in [6.45, 7) is 0. The Hall–Kier alpha value is -1.45. The molecule has 0 bridgehead atoms. The highest BCUT2D eigenvalue weighted by Gasteiger charge is 2.34. The molecule has 0 amide bonds. The number of rotatable bonds is 2. The molecule has 11 heteroatoms. The van der Waals surface area contributed by atoms with Gasteiger partial charge in [-0.15, -0.1) is 26.3 Å². The van der Waals surface area contributed by atoms with Gasteiger partial charge in [0.2, 0.25) is 17.0 Å². The molecule has 0 fully saturated rings. The van der Waals surface area contributed by atoms with E-state index in [1.54, 1.807) is 0 Å². The lowest BCUT2D eigenvalue weighted by atomic mass is 10.6. The molecule has 0 aliphatic carbocycles. The molecule has 0 saturated heterocycles. The van der Waals surface area contributed by atoms with Crippen molar-refractivity contribution in [2.75, 3.05) is 0 Å². The standard InChI is InChI=1S/C6HClF6N2O2/c7-4-14-2(16-5(8,9)10)1-3(15-4)17-6(11,12)13/h1H. The molecule has 0 spiro atoms. The zero-order valence-corrected chi connectivity index (χ0v) is 8.19. The maximum absolute atomic E-state index is 11.8. The van der Waals surface area contributed by atoms with Crippen LogP contribution in [0.15, 0.2) is 6.07 Å². The molecule has 1 rings (SSSR count). The van der Waals surface area contributed by atoms with Gasteiger partial charge < -0.3 is 9.47 Å². The molecule has 0 aliphatic heterocycles. The van der Waals surface area contributed by atoms with Crippen molar-refractivity contribution in [2.45, 2.75) is 12.7 Å². The zero-order chi connectivity index (χ0) is 13.3. The van der Waals surface area contributed by atoms with Crippen molar-refractivity contribution in [2.24, 2.45) is 0 Å². The van der Waals surface area contributed by atoms with E-state index in [1.807, 2.05) is 0 Å². The first-order chi connectivity index (χ1) is 7.55. The summed E-state index contributed by atoms with van der Waals surface area (Å²) in [7, 11) is 0. The molecule has 17 heavy (non-hydrogen) atoms. The monoisotopic (exact) mass is 282 g/mol. The predicted molar refractivity (Wildman–Crippen MR) is 40.4 cm³/mol. The van der Waals surface area contributed by atoms with Gasteiger partial charge in [0.1, 0.15) is 0 Å². The van der Waals surface area contributed by atoms with Gasteiger partial charge in [0.25, 0.3) is 0 Å². The first kappa shape index (κ1) is 13.6. The summed E-state index contributed by atoms with van der Waals surface area (Å²) in [5.41, 5.74) is 0. The summed E-state index contributed by atoms with van der Waals surface area (Å²) in [4.78, 5) is 5.83. The summed E-state index contributed by atoms with van der Waals surface area (Å²) in [5.74, 6) is -2.42. The first-order valence-electron chi connectivity index (χ1n) is 3.61. The van der Waals surface area contributed by atoms with Gasteiger partial charge in [-0.2, -0.15) is 9.97 Å². The summed E-state index contributed by atoms with van der Waals surface area (Å²) in [6.07, 6.45) is -10.2. The molecular weight excluding hydrogens is 282 g/mol. The molecule has 1 aromatic heterocycles. The van der Waals surface area contributed by atoms with E-state index in [0.717, 1.165) is 0 Å². The minimum atomic E-state index is -5.12. The number of aromatic nitrogens is 2. The average molecular weight is 283 g/mol. The molecule has 0 unspecified atom stereocenters. The zero-order valence-electron chi connectivity index (χ0n) is 7.43. The lowest BCUT2D eigenvalue weighted by molar-refractivity contribution is -0.278. The number of hydrogen-bond donors (Lipinski definition) is 0. The van der Waals surface area contributed by atoms with Crippen LogP contribution in [0.1, 0.15) is 0 Å². The molecule has 0 aliphatic rings. The Bertz CT molecular complexity index is 372. The molecule has 0 saturated carbocycles. The highest BCUT2D eigenvalue weighted by atomic mass is 35.5. The Kier molecular flexibility index (Phi) is 3.55. The van der Waals surface area contributed by atoms with Crippen molar-refractivity contribution in [3.8, 4) is 11.8 Å².